The predicted molar refractivity (Wildman–Crippen MR) is 58.8 cm³/mol. The molecule has 0 aliphatic rings. The van der Waals surface area contributed by atoms with Crippen molar-refractivity contribution < 1.29 is 17.7 Å². The number of hydrogen-bond donors (Lipinski definition) is 2. The van der Waals surface area contributed by atoms with Gasteiger partial charge in [-0.3, -0.25) is 10.1 Å². The van der Waals surface area contributed by atoms with Crippen LogP contribution in [-0.4, -0.2) is 27.4 Å². The Hall–Kier alpha value is -1.74. The first kappa shape index (κ1) is 13.3. The smallest absolute Gasteiger partial charge is 0.274 e. The van der Waals surface area contributed by atoms with Crippen molar-refractivity contribution in [2.75, 3.05) is 19.4 Å². The molecule has 0 saturated carbocycles. The minimum Gasteiger partial charge on any atom is -0.387 e. The van der Waals surface area contributed by atoms with Crippen LogP contribution < -0.4 is 10.0 Å². The number of hydrogen-bond acceptors (Lipinski definition) is 5. The summed E-state index contributed by atoms with van der Waals surface area (Å²) in [6.07, 6.45) is 0. The Balaban J connectivity index is 3.58. The van der Waals surface area contributed by atoms with E-state index in [1.807, 2.05) is 4.72 Å². The van der Waals surface area contributed by atoms with Crippen molar-refractivity contribution in [2.24, 2.45) is 0 Å². The van der Waals surface area contributed by atoms with E-state index in [1.165, 1.54) is 7.05 Å². The molecule has 0 fully saturated rings. The Kier molecular flexibility index (Phi) is 3.63. The van der Waals surface area contributed by atoms with Crippen LogP contribution in [0.15, 0.2) is 17.0 Å². The van der Waals surface area contributed by atoms with Gasteiger partial charge in [0.25, 0.3) is 5.69 Å². The van der Waals surface area contributed by atoms with Crippen LogP contribution in [0.3, 0.4) is 0 Å². The molecule has 17 heavy (non-hydrogen) atoms. The fraction of sp³-hybridized carbons (Fsp3) is 0.250. The number of sulfonamides is 1. The zero-order valence-electron chi connectivity index (χ0n) is 9.02. The average molecular weight is 263 g/mol. The van der Waals surface area contributed by atoms with E-state index in [2.05, 4.69) is 5.32 Å². The molecule has 1 aromatic rings. The molecule has 0 atom stereocenters. The van der Waals surface area contributed by atoms with Gasteiger partial charge in [-0.2, -0.15) is 0 Å². The first-order valence-electron chi connectivity index (χ1n) is 4.42. The van der Waals surface area contributed by atoms with Crippen LogP contribution in [0.4, 0.5) is 15.8 Å². The fourth-order valence-corrected chi connectivity index (χ4v) is 2.22. The van der Waals surface area contributed by atoms with E-state index >= 15 is 0 Å². The highest BCUT2D eigenvalue weighted by molar-refractivity contribution is 7.89. The summed E-state index contributed by atoms with van der Waals surface area (Å²) >= 11 is 0. The molecule has 0 amide bonds. The molecule has 94 valence electrons. The summed E-state index contributed by atoms with van der Waals surface area (Å²) in [4.78, 5) is 9.05. The van der Waals surface area contributed by atoms with Crippen molar-refractivity contribution in [3.05, 3.63) is 28.1 Å². The van der Waals surface area contributed by atoms with Gasteiger partial charge in [0.15, 0.2) is 5.82 Å². The number of benzene rings is 1. The van der Waals surface area contributed by atoms with Crippen LogP contribution in [0, 0.1) is 15.9 Å². The van der Waals surface area contributed by atoms with Gasteiger partial charge in [0.1, 0.15) is 4.90 Å². The van der Waals surface area contributed by atoms with Gasteiger partial charge in [-0.1, -0.05) is 0 Å². The van der Waals surface area contributed by atoms with Crippen LogP contribution in [-0.2, 0) is 10.0 Å². The molecule has 0 radical (unpaired) electrons. The number of nitrogens with one attached hydrogen (secondary N) is 2. The zero-order chi connectivity index (χ0) is 13.2. The van der Waals surface area contributed by atoms with Gasteiger partial charge in [0.2, 0.25) is 10.0 Å². The Morgan fingerprint density at radius 1 is 1.35 bits per heavy atom. The molecule has 0 saturated heterocycles. The Morgan fingerprint density at radius 2 is 1.94 bits per heavy atom. The molecule has 0 aliphatic carbocycles. The molecule has 1 rings (SSSR count). The van der Waals surface area contributed by atoms with Gasteiger partial charge in [0, 0.05) is 13.1 Å². The van der Waals surface area contributed by atoms with Gasteiger partial charge >= 0.3 is 0 Å². The van der Waals surface area contributed by atoms with Gasteiger partial charge in [0.05, 0.1) is 16.7 Å². The normalized spacial score (nSPS) is 11.2. The minimum absolute atomic E-state index is 0.175. The van der Waals surface area contributed by atoms with Crippen LogP contribution >= 0.6 is 0 Å². The molecule has 0 spiro atoms. The highest BCUT2D eigenvalue weighted by atomic mass is 32.2. The van der Waals surface area contributed by atoms with E-state index in [-0.39, 0.29) is 5.69 Å². The van der Waals surface area contributed by atoms with Gasteiger partial charge in [-0.25, -0.2) is 17.5 Å². The molecular formula is C8H10FN3O4S. The lowest BCUT2D eigenvalue weighted by molar-refractivity contribution is -0.385. The summed E-state index contributed by atoms with van der Waals surface area (Å²) in [7, 11) is -1.56. The van der Waals surface area contributed by atoms with E-state index in [0.29, 0.717) is 6.07 Å². The van der Waals surface area contributed by atoms with Crippen molar-refractivity contribution in [3.63, 3.8) is 0 Å². The monoisotopic (exact) mass is 263 g/mol. The van der Waals surface area contributed by atoms with Crippen molar-refractivity contribution in [2.45, 2.75) is 4.90 Å². The zero-order valence-corrected chi connectivity index (χ0v) is 9.84. The summed E-state index contributed by atoms with van der Waals surface area (Å²) in [5.74, 6) is -1.18. The predicted octanol–water partition coefficient (Wildman–Crippen LogP) is 0.684. The van der Waals surface area contributed by atoms with Crippen molar-refractivity contribution >= 4 is 21.4 Å². The van der Waals surface area contributed by atoms with Gasteiger partial charge in [-0.15, -0.1) is 0 Å². The van der Waals surface area contributed by atoms with Crippen LogP contribution in [0.5, 0.6) is 0 Å². The van der Waals surface area contributed by atoms with E-state index in [4.69, 9.17) is 0 Å². The number of nitro groups is 1. The SMILES string of the molecule is CNc1cc([N+](=O)[O-])cc(F)c1S(=O)(=O)NC. The summed E-state index contributed by atoms with van der Waals surface area (Å²) in [5.41, 5.74) is -0.701. The summed E-state index contributed by atoms with van der Waals surface area (Å²) in [5, 5.41) is 12.9. The molecule has 0 unspecified atom stereocenters. The highest BCUT2D eigenvalue weighted by Crippen LogP contribution is 2.29. The van der Waals surface area contributed by atoms with Crippen LogP contribution in [0.25, 0.3) is 0 Å². The fourth-order valence-electron chi connectivity index (χ4n) is 1.25. The van der Waals surface area contributed by atoms with Crippen molar-refractivity contribution in [3.8, 4) is 0 Å². The van der Waals surface area contributed by atoms with Crippen molar-refractivity contribution in [1.82, 2.24) is 4.72 Å². The largest absolute Gasteiger partial charge is 0.387 e. The molecule has 2 N–H and O–H groups in total. The molecular weight excluding hydrogens is 253 g/mol. The maximum Gasteiger partial charge on any atom is 0.274 e. The maximum atomic E-state index is 13.6. The lowest BCUT2D eigenvalue weighted by Crippen LogP contribution is -2.21. The number of rotatable bonds is 4. The molecule has 0 aliphatic heterocycles. The summed E-state index contributed by atoms with van der Waals surface area (Å²) in [6, 6.07) is 1.51. The first-order chi connectivity index (χ1) is 7.83. The van der Waals surface area contributed by atoms with Crippen LogP contribution in [0.1, 0.15) is 0 Å². The standard InChI is InChI=1S/C8H10FN3O4S/c1-10-7-4-5(12(13)14)3-6(9)8(7)17(15,16)11-2/h3-4,10-11H,1-2H3. The van der Waals surface area contributed by atoms with E-state index in [1.54, 1.807) is 0 Å². The third-order valence-electron chi connectivity index (χ3n) is 2.05. The van der Waals surface area contributed by atoms with E-state index < -0.39 is 31.3 Å². The average Bonchev–Trinajstić information content (AvgIpc) is 2.27. The second kappa shape index (κ2) is 4.63. The molecule has 0 heterocycles. The minimum atomic E-state index is -4.02. The number of nitrogens with zero attached hydrogens (tertiary/aromatic N) is 1. The van der Waals surface area contributed by atoms with E-state index in [9.17, 15) is 22.9 Å². The molecule has 0 aromatic heterocycles. The van der Waals surface area contributed by atoms with E-state index in [0.717, 1.165) is 13.1 Å². The summed E-state index contributed by atoms with van der Waals surface area (Å²) in [6.45, 7) is 0. The van der Waals surface area contributed by atoms with Crippen LogP contribution in [0.2, 0.25) is 0 Å². The Bertz CT molecular complexity index is 558. The van der Waals surface area contributed by atoms with Gasteiger partial charge < -0.3 is 5.32 Å². The topological polar surface area (TPSA) is 101 Å². The summed E-state index contributed by atoms with van der Waals surface area (Å²) < 4.78 is 38.6. The molecule has 1 aromatic carbocycles. The van der Waals surface area contributed by atoms with Crippen molar-refractivity contribution in [1.29, 1.82) is 0 Å². The first-order valence-corrected chi connectivity index (χ1v) is 5.91. The second-order valence-electron chi connectivity index (χ2n) is 3.02. The third-order valence-corrected chi connectivity index (χ3v) is 3.54. The Morgan fingerprint density at radius 3 is 2.35 bits per heavy atom. The highest BCUT2D eigenvalue weighted by Gasteiger charge is 2.25. The Labute approximate surface area is 96.8 Å². The third kappa shape index (κ3) is 2.50. The van der Waals surface area contributed by atoms with Gasteiger partial charge in [-0.05, 0) is 7.05 Å². The second-order valence-corrected chi connectivity index (χ2v) is 4.84. The number of anilines is 1. The lowest BCUT2D eigenvalue weighted by atomic mass is 10.2. The number of halogens is 1. The maximum absolute atomic E-state index is 13.6. The molecule has 0 bridgehead atoms. The number of nitro benzene ring substituents is 1. The number of non-ortho nitro benzene ring substituents is 1. The molecule has 9 heteroatoms. The lowest BCUT2D eigenvalue weighted by Gasteiger charge is -2.10. The quantitative estimate of drug-likeness (QED) is 0.614. The molecule has 7 nitrogen and oxygen atoms in total.